The molecule has 2 aromatic carbocycles. The summed E-state index contributed by atoms with van der Waals surface area (Å²) in [6.45, 7) is 1.58. The lowest BCUT2D eigenvalue weighted by atomic mass is 10.1. The van der Waals surface area contributed by atoms with Crippen LogP contribution in [-0.4, -0.2) is 5.78 Å². The van der Waals surface area contributed by atoms with Crippen LogP contribution in [0.5, 0.6) is 0 Å². The van der Waals surface area contributed by atoms with E-state index in [4.69, 9.17) is 0 Å². The second kappa shape index (κ2) is 5.26. The van der Waals surface area contributed by atoms with E-state index in [1.54, 1.807) is 6.92 Å². The van der Waals surface area contributed by atoms with Crippen LogP contribution in [0.3, 0.4) is 0 Å². The Kier molecular flexibility index (Phi) is 3.51. The molecule has 2 rings (SSSR count). The highest BCUT2D eigenvalue weighted by Crippen LogP contribution is 2.10. The van der Waals surface area contributed by atoms with E-state index in [0.717, 1.165) is 16.7 Å². The van der Waals surface area contributed by atoms with Crippen LogP contribution in [0.15, 0.2) is 54.6 Å². The van der Waals surface area contributed by atoms with Crippen molar-refractivity contribution in [3.8, 4) is 0 Å². The van der Waals surface area contributed by atoms with Crippen molar-refractivity contribution in [2.24, 2.45) is 0 Å². The second-order valence-electron chi connectivity index (χ2n) is 3.93. The Hall–Kier alpha value is -2.15. The highest BCUT2D eigenvalue weighted by molar-refractivity contribution is 5.94. The SMILES string of the molecule is CC(=O)c1cccc(C=Cc2ccccc2)c1. The third-order valence-corrected chi connectivity index (χ3v) is 2.56. The van der Waals surface area contributed by atoms with Gasteiger partial charge in [-0.2, -0.15) is 0 Å². The van der Waals surface area contributed by atoms with Crippen LogP contribution in [0.1, 0.15) is 28.4 Å². The number of ketones is 1. The van der Waals surface area contributed by atoms with E-state index in [1.165, 1.54) is 0 Å². The first-order valence-corrected chi connectivity index (χ1v) is 5.60. The molecule has 0 unspecified atom stereocenters. The Bertz CT molecular complexity index is 538. The van der Waals surface area contributed by atoms with Crippen LogP contribution in [0.2, 0.25) is 0 Å². The maximum atomic E-state index is 11.2. The fourth-order valence-corrected chi connectivity index (χ4v) is 1.62. The molecule has 0 aliphatic rings. The van der Waals surface area contributed by atoms with Crippen molar-refractivity contribution in [3.63, 3.8) is 0 Å². The molecule has 0 aliphatic heterocycles. The number of benzene rings is 2. The van der Waals surface area contributed by atoms with Crippen molar-refractivity contribution in [3.05, 3.63) is 71.3 Å². The summed E-state index contributed by atoms with van der Waals surface area (Å²) >= 11 is 0. The fourth-order valence-electron chi connectivity index (χ4n) is 1.62. The number of carbonyl (C=O) groups is 1. The largest absolute Gasteiger partial charge is 0.295 e. The fraction of sp³-hybridized carbons (Fsp3) is 0.0625. The molecule has 0 radical (unpaired) electrons. The van der Waals surface area contributed by atoms with E-state index < -0.39 is 0 Å². The van der Waals surface area contributed by atoms with Crippen molar-refractivity contribution in [2.75, 3.05) is 0 Å². The van der Waals surface area contributed by atoms with Gasteiger partial charge in [0.15, 0.2) is 5.78 Å². The molecule has 17 heavy (non-hydrogen) atoms. The molecule has 2 aromatic rings. The van der Waals surface area contributed by atoms with Gasteiger partial charge in [0.1, 0.15) is 0 Å². The molecule has 1 heteroatoms. The second-order valence-corrected chi connectivity index (χ2v) is 3.93. The lowest BCUT2D eigenvalue weighted by Gasteiger charge is -1.98. The molecule has 0 amide bonds. The molecule has 0 bridgehead atoms. The number of carbonyl (C=O) groups excluding carboxylic acids is 1. The van der Waals surface area contributed by atoms with Gasteiger partial charge in [0.2, 0.25) is 0 Å². The van der Waals surface area contributed by atoms with Gasteiger partial charge in [0.05, 0.1) is 0 Å². The highest BCUT2D eigenvalue weighted by atomic mass is 16.1. The minimum atomic E-state index is 0.0972. The van der Waals surface area contributed by atoms with Crippen LogP contribution in [0, 0.1) is 0 Å². The molecule has 0 aliphatic carbocycles. The number of hydrogen-bond donors (Lipinski definition) is 0. The van der Waals surface area contributed by atoms with Crippen LogP contribution >= 0.6 is 0 Å². The van der Waals surface area contributed by atoms with Crippen molar-refractivity contribution in [1.29, 1.82) is 0 Å². The first-order chi connectivity index (χ1) is 8.25. The zero-order valence-corrected chi connectivity index (χ0v) is 9.76. The Balaban J connectivity index is 2.22. The molecule has 0 heterocycles. The van der Waals surface area contributed by atoms with E-state index >= 15 is 0 Å². The quantitative estimate of drug-likeness (QED) is 0.565. The molecule has 0 fully saturated rings. The van der Waals surface area contributed by atoms with Gasteiger partial charge in [-0.05, 0) is 24.1 Å². The van der Waals surface area contributed by atoms with Crippen molar-refractivity contribution < 1.29 is 4.79 Å². The normalized spacial score (nSPS) is 10.6. The molecule has 0 spiro atoms. The average molecular weight is 222 g/mol. The minimum Gasteiger partial charge on any atom is -0.295 e. The van der Waals surface area contributed by atoms with E-state index in [9.17, 15) is 4.79 Å². The van der Waals surface area contributed by atoms with Crippen LogP contribution in [-0.2, 0) is 0 Å². The van der Waals surface area contributed by atoms with Crippen molar-refractivity contribution in [2.45, 2.75) is 6.92 Å². The molecule has 0 saturated carbocycles. The van der Waals surface area contributed by atoms with Crippen LogP contribution in [0.4, 0.5) is 0 Å². The van der Waals surface area contributed by atoms with Gasteiger partial charge < -0.3 is 0 Å². The van der Waals surface area contributed by atoms with Gasteiger partial charge >= 0.3 is 0 Å². The summed E-state index contributed by atoms with van der Waals surface area (Å²) in [5.74, 6) is 0.0972. The summed E-state index contributed by atoms with van der Waals surface area (Å²) in [4.78, 5) is 11.2. The Morgan fingerprint density at radius 1 is 0.882 bits per heavy atom. The predicted octanol–water partition coefficient (Wildman–Crippen LogP) is 4.06. The molecule has 1 nitrogen and oxygen atoms in total. The minimum absolute atomic E-state index is 0.0972. The predicted molar refractivity (Wildman–Crippen MR) is 71.8 cm³/mol. The molecule has 0 saturated heterocycles. The van der Waals surface area contributed by atoms with Gasteiger partial charge in [0, 0.05) is 5.56 Å². The zero-order valence-electron chi connectivity index (χ0n) is 9.76. The van der Waals surface area contributed by atoms with Crippen molar-refractivity contribution >= 4 is 17.9 Å². The van der Waals surface area contributed by atoms with E-state index in [2.05, 4.69) is 0 Å². The summed E-state index contributed by atoms with van der Waals surface area (Å²) in [5, 5.41) is 0. The molecule has 0 aromatic heterocycles. The number of hydrogen-bond acceptors (Lipinski definition) is 1. The Morgan fingerprint density at radius 2 is 1.53 bits per heavy atom. The van der Waals surface area contributed by atoms with Crippen LogP contribution in [0.25, 0.3) is 12.2 Å². The average Bonchev–Trinajstić information content (AvgIpc) is 2.38. The summed E-state index contributed by atoms with van der Waals surface area (Å²) in [7, 11) is 0. The summed E-state index contributed by atoms with van der Waals surface area (Å²) in [6.07, 6.45) is 4.06. The van der Waals surface area contributed by atoms with Gasteiger partial charge in [-0.1, -0.05) is 60.7 Å². The third kappa shape index (κ3) is 3.15. The third-order valence-electron chi connectivity index (χ3n) is 2.56. The van der Waals surface area contributed by atoms with Gasteiger partial charge in [-0.3, -0.25) is 4.79 Å². The van der Waals surface area contributed by atoms with E-state index in [1.807, 2.05) is 66.7 Å². The molecule has 84 valence electrons. The maximum Gasteiger partial charge on any atom is 0.159 e. The monoisotopic (exact) mass is 222 g/mol. The van der Waals surface area contributed by atoms with E-state index in [0.29, 0.717) is 0 Å². The highest BCUT2D eigenvalue weighted by Gasteiger charge is 1.97. The molecular formula is C16H14O. The standard InChI is InChI=1S/C16H14O/c1-13(17)16-9-5-8-15(12-16)11-10-14-6-3-2-4-7-14/h2-12H,1H3. The molecule has 0 atom stereocenters. The summed E-state index contributed by atoms with van der Waals surface area (Å²) < 4.78 is 0. The Morgan fingerprint density at radius 3 is 2.24 bits per heavy atom. The smallest absolute Gasteiger partial charge is 0.159 e. The van der Waals surface area contributed by atoms with Crippen molar-refractivity contribution in [1.82, 2.24) is 0 Å². The molecular weight excluding hydrogens is 208 g/mol. The van der Waals surface area contributed by atoms with Gasteiger partial charge in [-0.15, -0.1) is 0 Å². The maximum absolute atomic E-state index is 11.2. The number of Topliss-reactive ketones (excluding diaryl/α,β-unsaturated/α-hetero) is 1. The first kappa shape index (κ1) is 11.3. The van der Waals surface area contributed by atoms with Gasteiger partial charge in [-0.25, -0.2) is 0 Å². The summed E-state index contributed by atoms with van der Waals surface area (Å²) in [5.41, 5.74) is 2.95. The zero-order chi connectivity index (χ0) is 12.1. The lowest BCUT2D eigenvalue weighted by molar-refractivity contribution is 0.101. The van der Waals surface area contributed by atoms with Crippen LogP contribution < -0.4 is 0 Å². The first-order valence-electron chi connectivity index (χ1n) is 5.60. The topological polar surface area (TPSA) is 17.1 Å². The Labute approximate surface area is 101 Å². The lowest BCUT2D eigenvalue weighted by Crippen LogP contribution is -1.91. The van der Waals surface area contributed by atoms with Gasteiger partial charge in [0.25, 0.3) is 0 Å². The number of rotatable bonds is 3. The summed E-state index contributed by atoms with van der Waals surface area (Å²) in [6, 6.07) is 17.7. The molecule has 0 N–H and O–H groups in total. The van der Waals surface area contributed by atoms with E-state index in [-0.39, 0.29) is 5.78 Å².